The summed E-state index contributed by atoms with van der Waals surface area (Å²) in [6, 6.07) is 3.97. The Morgan fingerprint density at radius 1 is 1.20 bits per heavy atom. The maximum absolute atomic E-state index is 5.45. The molecule has 0 bridgehead atoms. The van der Waals surface area contributed by atoms with Gasteiger partial charge in [0.2, 0.25) is 11.7 Å². The fourth-order valence-electron chi connectivity index (χ4n) is 3.01. The van der Waals surface area contributed by atoms with Crippen molar-refractivity contribution in [1.82, 2.24) is 24.9 Å². The van der Waals surface area contributed by atoms with E-state index in [0.29, 0.717) is 23.6 Å². The van der Waals surface area contributed by atoms with Gasteiger partial charge >= 0.3 is 0 Å². The Hall–Kier alpha value is -2.74. The second-order valence-electron chi connectivity index (χ2n) is 5.94. The Labute approximate surface area is 144 Å². The number of ether oxygens (including phenoxy) is 2. The van der Waals surface area contributed by atoms with Gasteiger partial charge in [0.15, 0.2) is 0 Å². The van der Waals surface area contributed by atoms with E-state index in [4.69, 9.17) is 14.0 Å². The zero-order valence-electron chi connectivity index (χ0n) is 14.2. The molecule has 25 heavy (non-hydrogen) atoms. The van der Waals surface area contributed by atoms with Crippen LogP contribution in [-0.2, 0) is 4.74 Å². The number of hydrogen-bond acceptors (Lipinski definition) is 7. The second kappa shape index (κ2) is 6.64. The number of hydrogen-bond donors (Lipinski definition) is 0. The highest BCUT2D eigenvalue weighted by atomic mass is 16.5. The van der Waals surface area contributed by atoms with Crippen LogP contribution in [0.2, 0.25) is 0 Å². The lowest BCUT2D eigenvalue weighted by Gasteiger charge is -2.23. The van der Waals surface area contributed by atoms with Crippen LogP contribution >= 0.6 is 0 Å². The van der Waals surface area contributed by atoms with Gasteiger partial charge in [-0.05, 0) is 25.8 Å². The smallest absolute Gasteiger partial charge is 0.261 e. The minimum Gasteiger partial charge on any atom is -0.481 e. The quantitative estimate of drug-likeness (QED) is 0.721. The van der Waals surface area contributed by atoms with E-state index >= 15 is 0 Å². The molecule has 0 aromatic carbocycles. The van der Waals surface area contributed by atoms with Crippen LogP contribution in [0.3, 0.4) is 0 Å². The Morgan fingerprint density at radius 3 is 2.76 bits per heavy atom. The van der Waals surface area contributed by atoms with Gasteiger partial charge in [-0.25, -0.2) is 4.98 Å². The van der Waals surface area contributed by atoms with Crippen molar-refractivity contribution >= 4 is 0 Å². The van der Waals surface area contributed by atoms with E-state index in [-0.39, 0.29) is 0 Å². The van der Waals surface area contributed by atoms with Crippen LogP contribution in [0, 0.1) is 6.92 Å². The predicted molar refractivity (Wildman–Crippen MR) is 89.1 cm³/mol. The monoisotopic (exact) mass is 341 g/mol. The van der Waals surface area contributed by atoms with Gasteiger partial charge in [0, 0.05) is 36.7 Å². The first-order valence-corrected chi connectivity index (χ1v) is 8.22. The van der Waals surface area contributed by atoms with Crippen molar-refractivity contribution in [3.63, 3.8) is 0 Å². The SMILES string of the molecule is COc1ccc(-c2noc(-c3cnn(C4CCOCC4)c3C)n2)cn1. The molecule has 4 rings (SSSR count). The minimum atomic E-state index is 0.357. The molecule has 1 aliphatic rings. The average molecular weight is 341 g/mol. The summed E-state index contributed by atoms with van der Waals surface area (Å²) >= 11 is 0. The Morgan fingerprint density at radius 2 is 2.04 bits per heavy atom. The third-order valence-corrected chi connectivity index (χ3v) is 4.44. The average Bonchev–Trinajstić information content (AvgIpc) is 3.29. The first kappa shape index (κ1) is 15.8. The molecule has 1 saturated heterocycles. The van der Waals surface area contributed by atoms with E-state index in [1.807, 2.05) is 17.7 Å². The number of aromatic nitrogens is 5. The zero-order chi connectivity index (χ0) is 17.2. The van der Waals surface area contributed by atoms with Crippen molar-refractivity contribution in [2.24, 2.45) is 0 Å². The van der Waals surface area contributed by atoms with Crippen molar-refractivity contribution in [2.45, 2.75) is 25.8 Å². The first-order chi connectivity index (χ1) is 12.3. The molecule has 8 heteroatoms. The molecule has 0 spiro atoms. The van der Waals surface area contributed by atoms with Gasteiger partial charge in [-0.1, -0.05) is 5.16 Å². The molecule has 130 valence electrons. The summed E-state index contributed by atoms with van der Waals surface area (Å²) in [7, 11) is 1.58. The largest absolute Gasteiger partial charge is 0.481 e. The van der Waals surface area contributed by atoms with Crippen molar-refractivity contribution < 1.29 is 14.0 Å². The number of rotatable bonds is 4. The molecule has 1 fully saturated rings. The normalized spacial score (nSPS) is 15.4. The van der Waals surface area contributed by atoms with Gasteiger partial charge in [-0.15, -0.1) is 0 Å². The van der Waals surface area contributed by atoms with Gasteiger partial charge in [0.1, 0.15) is 0 Å². The third-order valence-electron chi connectivity index (χ3n) is 4.44. The highest BCUT2D eigenvalue weighted by Gasteiger charge is 2.22. The summed E-state index contributed by atoms with van der Waals surface area (Å²) in [5, 5.41) is 8.58. The standard InChI is InChI=1S/C17H19N5O3/c1-11-14(10-19-22(11)13-5-7-24-8-6-13)17-20-16(21-25-17)12-3-4-15(23-2)18-9-12/h3-4,9-10,13H,5-8H2,1-2H3. The van der Waals surface area contributed by atoms with E-state index in [1.165, 1.54) is 0 Å². The zero-order valence-corrected chi connectivity index (χ0v) is 14.2. The van der Waals surface area contributed by atoms with Crippen molar-refractivity contribution in [1.29, 1.82) is 0 Å². The number of nitrogens with zero attached hydrogens (tertiary/aromatic N) is 5. The van der Waals surface area contributed by atoms with Gasteiger partial charge in [-0.3, -0.25) is 4.68 Å². The summed E-state index contributed by atoms with van der Waals surface area (Å²) in [5.41, 5.74) is 2.65. The fraction of sp³-hybridized carbons (Fsp3) is 0.412. The molecule has 0 amide bonds. The summed E-state index contributed by atoms with van der Waals surface area (Å²) in [6.45, 7) is 3.57. The fourth-order valence-corrected chi connectivity index (χ4v) is 3.01. The van der Waals surface area contributed by atoms with Crippen LogP contribution in [0.25, 0.3) is 22.8 Å². The van der Waals surface area contributed by atoms with Crippen LogP contribution in [0.4, 0.5) is 0 Å². The van der Waals surface area contributed by atoms with Crippen LogP contribution in [-0.4, -0.2) is 45.2 Å². The van der Waals surface area contributed by atoms with Crippen molar-refractivity contribution in [3.8, 4) is 28.7 Å². The highest BCUT2D eigenvalue weighted by Crippen LogP contribution is 2.29. The summed E-state index contributed by atoms with van der Waals surface area (Å²) in [6.07, 6.45) is 5.38. The molecule has 0 radical (unpaired) electrons. The second-order valence-corrected chi connectivity index (χ2v) is 5.94. The topological polar surface area (TPSA) is 88.1 Å². The molecular weight excluding hydrogens is 322 g/mol. The molecule has 3 aromatic heterocycles. The highest BCUT2D eigenvalue weighted by molar-refractivity contribution is 5.60. The maximum atomic E-state index is 5.45. The first-order valence-electron chi connectivity index (χ1n) is 8.22. The Balaban J connectivity index is 1.60. The molecule has 8 nitrogen and oxygen atoms in total. The van der Waals surface area contributed by atoms with E-state index < -0.39 is 0 Å². The van der Waals surface area contributed by atoms with Crippen molar-refractivity contribution in [2.75, 3.05) is 20.3 Å². The Bertz CT molecular complexity index is 850. The molecule has 0 aliphatic carbocycles. The molecule has 1 aliphatic heterocycles. The van der Waals surface area contributed by atoms with Gasteiger partial charge in [0.05, 0.1) is 24.9 Å². The van der Waals surface area contributed by atoms with Crippen LogP contribution in [0.15, 0.2) is 29.0 Å². The van der Waals surface area contributed by atoms with Crippen LogP contribution < -0.4 is 4.74 Å². The van der Waals surface area contributed by atoms with Crippen molar-refractivity contribution in [3.05, 3.63) is 30.2 Å². The molecule has 0 unspecified atom stereocenters. The summed E-state index contributed by atoms with van der Waals surface area (Å²) in [4.78, 5) is 8.66. The third kappa shape index (κ3) is 3.00. The van der Waals surface area contributed by atoms with E-state index in [0.717, 1.165) is 42.9 Å². The van der Waals surface area contributed by atoms with Gasteiger partial charge in [0.25, 0.3) is 5.89 Å². The molecule has 0 saturated carbocycles. The lowest BCUT2D eigenvalue weighted by Crippen LogP contribution is -2.21. The molecule has 4 heterocycles. The molecule has 3 aromatic rings. The molecule has 0 N–H and O–H groups in total. The van der Waals surface area contributed by atoms with E-state index in [1.54, 1.807) is 25.6 Å². The summed E-state index contributed by atoms with van der Waals surface area (Å²) in [5.74, 6) is 1.49. The van der Waals surface area contributed by atoms with E-state index in [2.05, 4.69) is 20.2 Å². The number of pyridine rings is 1. The predicted octanol–water partition coefficient (Wildman–Crippen LogP) is 2.66. The molecular formula is C17H19N5O3. The Kier molecular flexibility index (Phi) is 4.19. The lowest BCUT2D eigenvalue weighted by atomic mass is 10.1. The molecule has 0 atom stereocenters. The number of methoxy groups -OCH3 is 1. The van der Waals surface area contributed by atoms with Crippen LogP contribution in [0.5, 0.6) is 5.88 Å². The van der Waals surface area contributed by atoms with Crippen LogP contribution in [0.1, 0.15) is 24.6 Å². The summed E-state index contributed by atoms with van der Waals surface area (Å²) < 4.78 is 18.0. The maximum Gasteiger partial charge on any atom is 0.261 e. The lowest BCUT2D eigenvalue weighted by molar-refractivity contribution is 0.0657. The van der Waals surface area contributed by atoms with Gasteiger partial charge < -0.3 is 14.0 Å². The van der Waals surface area contributed by atoms with E-state index in [9.17, 15) is 0 Å². The van der Waals surface area contributed by atoms with Gasteiger partial charge in [-0.2, -0.15) is 10.1 Å². The minimum absolute atomic E-state index is 0.357.